The fourth-order valence-corrected chi connectivity index (χ4v) is 1.51. The van der Waals surface area contributed by atoms with Crippen LogP contribution >= 0.6 is 12.2 Å². The van der Waals surface area contributed by atoms with E-state index in [1.165, 1.54) is 12.1 Å². The summed E-state index contributed by atoms with van der Waals surface area (Å²) < 4.78 is 37.6. The number of halogens is 3. The first-order valence-electron chi connectivity index (χ1n) is 5.24. The summed E-state index contributed by atoms with van der Waals surface area (Å²) >= 11 is 4.68. The smallest absolute Gasteiger partial charge is 0.308 e. The standard InChI is InChI=1S/C10H8F3N5OS/c11-10(12,13)5-2-1-3-6(4-5)14-8(19)15-7-16-9(20)18-17-7/h1-4H,(H4,14,15,16,17,18,19,20). The summed E-state index contributed by atoms with van der Waals surface area (Å²) in [5.74, 6) is 0.0551. The molecule has 0 saturated carbocycles. The second kappa shape index (κ2) is 5.33. The highest BCUT2D eigenvalue weighted by molar-refractivity contribution is 7.71. The van der Waals surface area contributed by atoms with Gasteiger partial charge >= 0.3 is 12.2 Å². The van der Waals surface area contributed by atoms with E-state index < -0.39 is 17.8 Å². The van der Waals surface area contributed by atoms with Crippen molar-refractivity contribution in [1.82, 2.24) is 15.2 Å². The van der Waals surface area contributed by atoms with E-state index in [4.69, 9.17) is 0 Å². The number of aromatic amines is 2. The maximum Gasteiger partial charge on any atom is 0.416 e. The Bertz CT molecular complexity index is 678. The molecule has 0 aliphatic carbocycles. The monoisotopic (exact) mass is 303 g/mol. The predicted octanol–water partition coefficient (Wildman–Crippen LogP) is 3.13. The third-order valence-electron chi connectivity index (χ3n) is 2.18. The first-order chi connectivity index (χ1) is 9.34. The van der Waals surface area contributed by atoms with Gasteiger partial charge in [0.05, 0.1) is 5.56 Å². The molecule has 2 aromatic rings. The lowest BCUT2D eigenvalue weighted by Crippen LogP contribution is -2.20. The van der Waals surface area contributed by atoms with E-state index in [1.54, 1.807) is 0 Å². The van der Waals surface area contributed by atoms with E-state index in [2.05, 4.69) is 38.0 Å². The highest BCUT2D eigenvalue weighted by atomic mass is 32.1. The highest BCUT2D eigenvalue weighted by Gasteiger charge is 2.30. The number of anilines is 2. The minimum absolute atomic E-state index is 0.00598. The van der Waals surface area contributed by atoms with Gasteiger partial charge in [-0.1, -0.05) is 6.07 Å². The maximum atomic E-state index is 12.5. The van der Waals surface area contributed by atoms with Crippen molar-refractivity contribution in [2.75, 3.05) is 10.6 Å². The Morgan fingerprint density at radius 2 is 2.00 bits per heavy atom. The Balaban J connectivity index is 2.06. The van der Waals surface area contributed by atoms with E-state index >= 15 is 0 Å². The molecule has 1 aromatic carbocycles. The van der Waals surface area contributed by atoms with Crippen LogP contribution in [-0.4, -0.2) is 21.2 Å². The molecule has 0 fully saturated rings. The lowest BCUT2D eigenvalue weighted by atomic mass is 10.2. The molecule has 0 saturated heterocycles. The lowest BCUT2D eigenvalue weighted by molar-refractivity contribution is -0.137. The maximum absolute atomic E-state index is 12.5. The minimum Gasteiger partial charge on any atom is -0.308 e. The second-order valence-corrected chi connectivity index (χ2v) is 4.06. The number of alkyl halides is 3. The van der Waals surface area contributed by atoms with Crippen molar-refractivity contribution < 1.29 is 18.0 Å². The second-order valence-electron chi connectivity index (χ2n) is 3.67. The highest BCUT2D eigenvalue weighted by Crippen LogP contribution is 2.30. The van der Waals surface area contributed by atoms with Gasteiger partial charge in [-0.15, -0.1) is 0 Å². The van der Waals surface area contributed by atoms with Crippen LogP contribution in [-0.2, 0) is 6.18 Å². The van der Waals surface area contributed by atoms with Crippen molar-refractivity contribution in [2.45, 2.75) is 6.18 Å². The molecule has 4 N–H and O–H groups in total. The third-order valence-corrected chi connectivity index (χ3v) is 2.37. The van der Waals surface area contributed by atoms with E-state index in [0.29, 0.717) is 0 Å². The summed E-state index contributed by atoms with van der Waals surface area (Å²) in [6.07, 6.45) is -4.47. The van der Waals surface area contributed by atoms with Gasteiger partial charge in [0.2, 0.25) is 10.7 Å². The number of hydrogen-bond donors (Lipinski definition) is 4. The number of nitrogens with one attached hydrogen (secondary N) is 4. The fraction of sp³-hybridized carbons (Fsp3) is 0.100. The topological polar surface area (TPSA) is 85.6 Å². The normalized spacial score (nSPS) is 11.2. The first-order valence-corrected chi connectivity index (χ1v) is 5.65. The van der Waals surface area contributed by atoms with Gasteiger partial charge in [0.15, 0.2) is 0 Å². The van der Waals surface area contributed by atoms with Gasteiger partial charge in [-0.25, -0.2) is 4.79 Å². The van der Waals surface area contributed by atoms with Crippen LogP contribution < -0.4 is 10.6 Å². The molecule has 1 aromatic heterocycles. The zero-order valence-corrected chi connectivity index (χ0v) is 10.5. The number of amides is 2. The van der Waals surface area contributed by atoms with Crippen molar-refractivity contribution in [3.05, 3.63) is 34.6 Å². The van der Waals surface area contributed by atoms with Gasteiger partial charge in [0, 0.05) is 5.69 Å². The Labute approximate surface area is 115 Å². The van der Waals surface area contributed by atoms with Crippen LogP contribution in [0.5, 0.6) is 0 Å². The number of carbonyl (C=O) groups is 1. The first kappa shape index (κ1) is 14.1. The van der Waals surface area contributed by atoms with Gasteiger partial charge in [0.25, 0.3) is 0 Å². The van der Waals surface area contributed by atoms with Crippen LogP contribution in [0.15, 0.2) is 24.3 Å². The van der Waals surface area contributed by atoms with Crippen molar-refractivity contribution in [2.24, 2.45) is 0 Å². The number of urea groups is 1. The van der Waals surface area contributed by atoms with Crippen molar-refractivity contribution in [3.63, 3.8) is 0 Å². The molecule has 10 heteroatoms. The Morgan fingerprint density at radius 3 is 2.60 bits per heavy atom. The Kier molecular flexibility index (Phi) is 3.74. The number of benzene rings is 1. The predicted molar refractivity (Wildman–Crippen MR) is 67.9 cm³/mol. The quantitative estimate of drug-likeness (QED) is 0.643. The molecule has 20 heavy (non-hydrogen) atoms. The molecule has 6 nitrogen and oxygen atoms in total. The van der Waals surface area contributed by atoms with Crippen LogP contribution in [0.25, 0.3) is 0 Å². The summed E-state index contributed by atoms with van der Waals surface area (Å²) in [6.45, 7) is 0. The van der Waals surface area contributed by atoms with Crippen LogP contribution in [0, 0.1) is 4.77 Å². The van der Waals surface area contributed by atoms with Crippen molar-refractivity contribution in [1.29, 1.82) is 0 Å². The SMILES string of the molecule is O=C(Nc1cccc(C(F)(F)F)c1)Nc1nc(=S)[nH][nH]1. The van der Waals surface area contributed by atoms with E-state index in [1.807, 2.05) is 0 Å². The van der Waals surface area contributed by atoms with Crippen LogP contribution in [0.2, 0.25) is 0 Å². The summed E-state index contributed by atoms with van der Waals surface area (Å²) in [5.41, 5.74) is -0.846. The molecule has 0 unspecified atom stereocenters. The molecular formula is C10H8F3N5OS. The van der Waals surface area contributed by atoms with Crippen molar-refractivity contribution in [3.8, 4) is 0 Å². The Hall–Kier alpha value is -2.36. The van der Waals surface area contributed by atoms with Crippen molar-refractivity contribution >= 4 is 29.9 Å². The number of aromatic nitrogens is 3. The number of carbonyl (C=O) groups excluding carboxylic acids is 1. The summed E-state index contributed by atoms with van der Waals surface area (Å²) in [7, 11) is 0. The zero-order chi connectivity index (χ0) is 14.8. The molecule has 0 radical (unpaired) electrons. The van der Waals surface area contributed by atoms with Gasteiger partial charge in [-0.05, 0) is 30.4 Å². The molecule has 1 heterocycles. The zero-order valence-electron chi connectivity index (χ0n) is 9.71. The molecule has 0 aliphatic rings. The molecule has 106 valence electrons. The molecule has 0 spiro atoms. The molecular weight excluding hydrogens is 295 g/mol. The number of nitrogens with zero attached hydrogens (tertiary/aromatic N) is 1. The number of H-pyrrole nitrogens is 2. The minimum atomic E-state index is -4.47. The molecule has 0 atom stereocenters. The third kappa shape index (κ3) is 3.57. The van der Waals surface area contributed by atoms with E-state index in [0.717, 1.165) is 12.1 Å². The van der Waals surface area contributed by atoms with Gasteiger partial charge in [0.1, 0.15) is 0 Å². The van der Waals surface area contributed by atoms with E-state index in [9.17, 15) is 18.0 Å². The molecule has 0 aliphatic heterocycles. The van der Waals surface area contributed by atoms with Crippen LogP contribution in [0.3, 0.4) is 0 Å². The van der Waals surface area contributed by atoms with Crippen LogP contribution in [0.4, 0.5) is 29.6 Å². The van der Waals surface area contributed by atoms with Crippen LogP contribution in [0.1, 0.15) is 5.56 Å². The average molecular weight is 303 g/mol. The molecule has 2 amide bonds. The molecule has 2 rings (SSSR count). The largest absolute Gasteiger partial charge is 0.416 e. The van der Waals surface area contributed by atoms with Gasteiger partial charge < -0.3 is 5.32 Å². The summed E-state index contributed by atoms with van der Waals surface area (Å²) in [4.78, 5) is 15.2. The van der Waals surface area contributed by atoms with Gasteiger partial charge in [-0.3, -0.25) is 15.5 Å². The Morgan fingerprint density at radius 1 is 1.25 bits per heavy atom. The summed E-state index contributed by atoms with van der Waals surface area (Å²) in [5, 5.41) is 9.45. The van der Waals surface area contributed by atoms with Gasteiger partial charge in [-0.2, -0.15) is 18.2 Å². The molecule has 0 bridgehead atoms. The summed E-state index contributed by atoms with van der Waals surface area (Å²) in [6, 6.07) is 3.52. The lowest BCUT2D eigenvalue weighted by Gasteiger charge is -2.09. The number of rotatable bonds is 2. The number of hydrogen-bond acceptors (Lipinski definition) is 3. The average Bonchev–Trinajstić information content (AvgIpc) is 2.73. The van der Waals surface area contributed by atoms with E-state index in [-0.39, 0.29) is 16.4 Å². The fourth-order valence-electron chi connectivity index (χ4n) is 1.37.